The summed E-state index contributed by atoms with van der Waals surface area (Å²) >= 11 is 5.84. The van der Waals surface area contributed by atoms with Gasteiger partial charge in [-0.25, -0.2) is 0 Å². The van der Waals surface area contributed by atoms with Gasteiger partial charge in [0.05, 0.1) is 5.69 Å². The van der Waals surface area contributed by atoms with E-state index >= 15 is 0 Å². The minimum atomic E-state index is -0.805. The molecule has 0 aliphatic rings. The number of aliphatic carboxylic acids is 1. The molecule has 0 atom stereocenters. The minimum Gasteiger partial charge on any atom is -0.481 e. The lowest BCUT2D eigenvalue weighted by Gasteiger charge is -2.01. The predicted molar refractivity (Wildman–Crippen MR) is 69.6 cm³/mol. The molecule has 0 amide bonds. The standard InChI is InChI=1S/C13H13ClN2O2/c1-16-8-10(4-7-12(17)18)13(15-16)9-2-5-11(14)6-3-9/h2-3,5-6,8H,4,7H2,1H3,(H,17,18). The maximum Gasteiger partial charge on any atom is 0.303 e. The Morgan fingerprint density at radius 1 is 1.39 bits per heavy atom. The fourth-order valence-electron chi connectivity index (χ4n) is 1.81. The maximum atomic E-state index is 10.6. The zero-order chi connectivity index (χ0) is 13.1. The third-order valence-corrected chi connectivity index (χ3v) is 2.88. The highest BCUT2D eigenvalue weighted by Gasteiger charge is 2.11. The Hall–Kier alpha value is -1.81. The number of carbonyl (C=O) groups is 1. The number of carboxylic acid groups (broad SMARTS) is 1. The second-order valence-electron chi connectivity index (χ2n) is 4.08. The number of nitrogens with zero attached hydrogens (tertiary/aromatic N) is 2. The van der Waals surface area contributed by atoms with Crippen LogP contribution in [0.2, 0.25) is 5.02 Å². The highest BCUT2D eigenvalue weighted by molar-refractivity contribution is 6.30. The smallest absolute Gasteiger partial charge is 0.303 e. The fraction of sp³-hybridized carbons (Fsp3) is 0.231. The van der Waals surface area contributed by atoms with Crippen LogP contribution in [0.1, 0.15) is 12.0 Å². The van der Waals surface area contributed by atoms with Gasteiger partial charge in [-0.3, -0.25) is 9.48 Å². The van der Waals surface area contributed by atoms with Gasteiger partial charge >= 0.3 is 5.97 Å². The number of aromatic nitrogens is 2. The lowest BCUT2D eigenvalue weighted by Crippen LogP contribution is -1.97. The Balaban J connectivity index is 2.31. The van der Waals surface area contributed by atoms with Crippen molar-refractivity contribution in [2.45, 2.75) is 12.8 Å². The van der Waals surface area contributed by atoms with Gasteiger partial charge in [0.15, 0.2) is 0 Å². The van der Waals surface area contributed by atoms with Gasteiger partial charge in [-0.2, -0.15) is 5.10 Å². The average molecular weight is 265 g/mol. The van der Waals surface area contributed by atoms with Crippen molar-refractivity contribution in [1.29, 1.82) is 0 Å². The quantitative estimate of drug-likeness (QED) is 0.924. The number of aryl methyl sites for hydroxylation is 2. The molecule has 18 heavy (non-hydrogen) atoms. The van der Waals surface area contributed by atoms with Gasteiger partial charge in [0, 0.05) is 30.3 Å². The van der Waals surface area contributed by atoms with Crippen molar-refractivity contribution in [3.63, 3.8) is 0 Å². The summed E-state index contributed by atoms with van der Waals surface area (Å²) in [5, 5.41) is 13.8. The van der Waals surface area contributed by atoms with E-state index in [2.05, 4.69) is 5.10 Å². The molecule has 0 bridgehead atoms. The molecule has 0 unspecified atom stereocenters. The lowest BCUT2D eigenvalue weighted by molar-refractivity contribution is -0.136. The van der Waals surface area contributed by atoms with Crippen molar-refractivity contribution in [3.05, 3.63) is 41.0 Å². The number of halogens is 1. The van der Waals surface area contributed by atoms with E-state index in [-0.39, 0.29) is 6.42 Å². The third-order valence-electron chi connectivity index (χ3n) is 2.63. The Kier molecular flexibility index (Phi) is 3.67. The van der Waals surface area contributed by atoms with Gasteiger partial charge in [-0.05, 0) is 24.1 Å². The van der Waals surface area contributed by atoms with Crippen molar-refractivity contribution in [2.75, 3.05) is 0 Å². The summed E-state index contributed by atoms with van der Waals surface area (Å²) in [6.07, 6.45) is 2.43. The zero-order valence-corrected chi connectivity index (χ0v) is 10.7. The van der Waals surface area contributed by atoms with Crippen LogP contribution >= 0.6 is 11.6 Å². The summed E-state index contributed by atoms with van der Waals surface area (Å²) in [7, 11) is 1.82. The van der Waals surface area contributed by atoms with Gasteiger partial charge in [0.1, 0.15) is 0 Å². The molecule has 2 aromatic rings. The second kappa shape index (κ2) is 5.23. The molecule has 0 aliphatic heterocycles. The van der Waals surface area contributed by atoms with E-state index in [1.165, 1.54) is 0 Å². The van der Waals surface area contributed by atoms with E-state index in [9.17, 15) is 4.79 Å². The van der Waals surface area contributed by atoms with Gasteiger partial charge in [-0.15, -0.1) is 0 Å². The van der Waals surface area contributed by atoms with Crippen LogP contribution in [-0.2, 0) is 18.3 Å². The van der Waals surface area contributed by atoms with Crippen molar-refractivity contribution in [3.8, 4) is 11.3 Å². The average Bonchev–Trinajstić information content (AvgIpc) is 2.69. The first-order valence-corrected chi connectivity index (χ1v) is 5.94. The number of hydrogen-bond donors (Lipinski definition) is 1. The van der Waals surface area contributed by atoms with Gasteiger partial charge in [-0.1, -0.05) is 23.7 Å². The van der Waals surface area contributed by atoms with Crippen LogP contribution in [0, 0.1) is 0 Å². The summed E-state index contributed by atoms with van der Waals surface area (Å²) in [6, 6.07) is 7.36. The van der Waals surface area contributed by atoms with E-state index in [1.807, 2.05) is 25.4 Å². The van der Waals surface area contributed by atoms with E-state index in [0.717, 1.165) is 16.8 Å². The highest BCUT2D eigenvalue weighted by Crippen LogP contribution is 2.24. The molecule has 1 aromatic heterocycles. The third kappa shape index (κ3) is 2.90. The number of hydrogen-bond acceptors (Lipinski definition) is 2. The molecule has 5 heteroatoms. The molecule has 0 fully saturated rings. The monoisotopic (exact) mass is 264 g/mol. The molecule has 0 saturated carbocycles. The summed E-state index contributed by atoms with van der Waals surface area (Å²) in [6.45, 7) is 0. The van der Waals surface area contributed by atoms with Crippen molar-refractivity contribution >= 4 is 17.6 Å². The maximum absolute atomic E-state index is 10.6. The summed E-state index contributed by atoms with van der Waals surface area (Å²) in [4.78, 5) is 10.6. The van der Waals surface area contributed by atoms with Gasteiger partial charge in [0.25, 0.3) is 0 Å². The van der Waals surface area contributed by atoms with Gasteiger partial charge in [0.2, 0.25) is 0 Å². The van der Waals surface area contributed by atoms with Crippen LogP contribution in [0.4, 0.5) is 0 Å². The first-order valence-electron chi connectivity index (χ1n) is 5.56. The van der Waals surface area contributed by atoms with E-state index < -0.39 is 5.97 Å². The van der Waals surface area contributed by atoms with Crippen molar-refractivity contribution in [2.24, 2.45) is 7.05 Å². The molecule has 4 nitrogen and oxygen atoms in total. The van der Waals surface area contributed by atoms with Crippen LogP contribution in [0.15, 0.2) is 30.5 Å². The second-order valence-corrected chi connectivity index (χ2v) is 4.51. The topological polar surface area (TPSA) is 55.1 Å². The first-order chi connectivity index (χ1) is 8.56. The molecule has 0 radical (unpaired) electrons. The largest absolute Gasteiger partial charge is 0.481 e. The zero-order valence-electron chi connectivity index (χ0n) is 9.93. The van der Waals surface area contributed by atoms with Crippen LogP contribution in [-0.4, -0.2) is 20.9 Å². The SMILES string of the molecule is Cn1cc(CCC(=O)O)c(-c2ccc(Cl)cc2)n1. The molecule has 0 aliphatic carbocycles. The van der Waals surface area contributed by atoms with Crippen LogP contribution in [0.3, 0.4) is 0 Å². The molecule has 1 aromatic carbocycles. The predicted octanol–water partition coefficient (Wildman–Crippen LogP) is 2.76. The Morgan fingerprint density at radius 3 is 2.67 bits per heavy atom. The van der Waals surface area contributed by atoms with Crippen molar-refractivity contribution < 1.29 is 9.90 Å². The Labute approximate surface area is 110 Å². The van der Waals surface area contributed by atoms with E-state index in [4.69, 9.17) is 16.7 Å². The number of rotatable bonds is 4. The minimum absolute atomic E-state index is 0.103. The highest BCUT2D eigenvalue weighted by atomic mass is 35.5. The summed E-state index contributed by atoms with van der Waals surface area (Å²) in [5.74, 6) is -0.805. The normalized spacial score (nSPS) is 10.6. The molecular formula is C13H13ClN2O2. The van der Waals surface area contributed by atoms with Crippen LogP contribution in [0.5, 0.6) is 0 Å². The fourth-order valence-corrected chi connectivity index (χ4v) is 1.94. The Bertz CT molecular complexity index is 561. The molecule has 94 valence electrons. The molecular weight excluding hydrogens is 252 g/mol. The van der Waals surface area contributed by atoms with E-state index in [1.54, 1.807) is 16.8 Å². The molecule has 1 heterocycles. The first kappa shape index (κ1) is 12.6. The summed E-state index contributed by atoms with van der Waals surface area (Å²) < 4.78 is 1.70. The number of carboxylic acids is 1. The van der Waals surface area contributed by atoms with Gasteiger partial charge < -0.3 is 5.11 Å². The molecule has 2 rings (SSSR count). The molecule has 0 saturated heterocycles. The van der Waals surface area contributed by atoms with Crippen LogP contribution < -0.4 is 0 Å². The number of benzene rings is 1. The van der Waals surface area contributed by atoms with Crippen LogP contribution in [0.25, 0.3) is 11.3 Å². The lowest BCUT2D eigenvalue weighted by atomic mass is 10.0. The van der Waals surface area contributed by atoms with E-state index in [0.29, 0.717) is 11.4 Å². The summed E-state index contributed by atoms with van der Waals surface area (Å²) in [5.41, 5.74) is 2.69. The molecule has 0 spiro atoms. The Morgan fingerprint density at radius 2 is 2.06 bits per heavy atom. The van der Waals surface area contributed by atoms with Crippen molar-refractivity contribution in [1.82, 2.24) is 9.78 Å². The molecule has 1 N–H and O–H groups in total.